The van der Waals surface area contributed by atoms with Gasteiger partial charge in [-0.25, -0.2) is 9.97 Å². The molecule has 0 aliphatic carbocycles. The summed E-state index contributed by atoms with van der Waals surface area (Å²) in [7, 11) is 3.88. The molecule has 1 amide bonds. The number of rotatable bonds is 6. The van der Waals surface area contributed by atoms with Gasteiger partial charge in [0.2, 0.25) is 0 Å². The maximum Gasteiger partial charge on any atom is 0.251 e. The van der Waals surface area contributed by atoms with Crippen LogP contribution in [0, 0.1) is 6.92 Å². The van der Waals surface area contributed by atoms with Crippen LogP contribution in [0.5, 0.6) is 0 Å². The Bertz CT molecular complexity index is 918. The summed E-state index contributed by atoms with van der Waals surface area (Å²) in [5.41, 5.74) is 0.691. The molecule has 0 fully saturated rings. The van der Waals surface area contributed by atoms with Crippen molar-refractivity contribution in [1.82, 2.24) is 15.3 Å². The Balaban J connectivity index is 1.59. The van der Waals surface area contributed by atoms with Crippen molar-refractivity contribution >= 4 is 28.3 Å². The molecule has 6 nitrogen and oxygen atoms in total. The molecule has 3 rings (SSSR count). The Morgan fingerprint density at radius 1 is 1.04 bits per heavy atom. The molecule has 0 saturated heterocycles. The first-order valence-corrected chi connectivity index (χ1v) is 8.57. The van der Waals surface area contributed by atoms with E-state index in [4.69, 9.17) is 0 Å². The topological polar surface area (TPSA) is 70.2 Å². The van der Waals surface area contributed by atoms with Crippen LogP contribution in [0.3, 0.4) is 0 Å². The maximum atomic E-state index is 12.5. The van der Waals surface area contributed by atoms with E-state index in [0.29, 0.717) is 24.5 Å². The first kappa shape index (κ1) is 17.7. The van der Waals surface area contributed by atoms with Gasteiger partial charge >= 0.3 is 0 Å². The number of benzene rings is 2. The molecule has 6 heteroatoms. The SMILES string of the molecule is Cc1nc(NCCNC(=O)c2cccc3ccccc23)cc(N(C)C)n1. The highest BCUT2D eigenvalue weighted by atomic mass is 16.1. The third-order valence-electron chi connectivity index (χ3n) is 4.03. The van der Waals surface area contributed by atoms with Crippen molar-refractivity contribution in [1.29, 1.82) is 0 Å². The summed E-state index contributed by atoms with van der Waals surface area (Å²) in [6, 6.07) is 15.5. The Labute approximate surface area is 153 Å². The highest BCUT2D eigenvalue weighted by Crippen LogP contribution is 2.18. The molecule has 0 aliphatic rings. The van der Waals surface area contributed by atoms with Crippen LogP contribution < -0.4 is 15.5 Å². The molecule has 0 radical (unpaired) electrons. The highest BCUT2D eigenvalue weighted by Gasteiger charge is 2.09. The van der Waals surface area contributed by atoms with Crippen LogP contribution in [0.1, 0.15) is 16.2 Å². The molecule has 1 aromatic heterocycles. The third-order valence-corrected chi connectivity index (χ3v) is 4.03. The molecule has 0 bridgehead atoms. The van der Waals surface area contributed by atoms with E-state index in [1.54, 1.807) is 0 Å². The lowest BCUT2D eigenvalue weighted by atomic mass is 10.0. The molecule has 0 aliphatic heterocycles. The average Bonchev–Trinajstić information content (AvgIpc) is 2.64. The first-order chi connectivity index (χ1) is 12.5. The summed E-state index contributed by atoms with van der Waals surface area (Å²) < 4.78 is 0. The van der Waals surface area contributed by atoms with Crippen LogP contribution in [0.15, 0.2) is 48.5 Å². The molecule has 3 aromatic rings. The monoisotopic (exact) mass is 349 g/mol. The van der Waals surface area contributed by atoms with Crippen molar-refractivity contribution in [3.63, 3.8) is 0 Å². The van der Waals surface area contributed by atoms with Crippen molar-refractivity contribution in [2.45, 2.75) is 6.92 Å². The fourth-order valence-corrected chi connectivity index (χ4v) is 2.76. The zero-order valence-electron chi connectivity index (χ0n) is 15.3. The molecular weight excluding hydrogens is 326 g/mol. The van der Waals surface area contributed by atoms with E-state index in [1.165, 1.54) is 0 Å². The van der Waals surface area contributed by atoms with Gasteiger partial charge in [0.25, 0.3) is 5.91 Å². The van der Waals surface area contributed by atoms with E-state index in [2.05, 4.69) is 20.6 Å². The van der Waals surface area contributed by atoms with Gasteiger partial charge in [-0.2, -0.15) is 0 Å². The largest absolute Gasteiger partial charge is 0.368 e. The lowest BCUT2D eigenvalue weighted by Crippen LogP contribution is -2.29. The molecular formula is C20H23N5O. The van der Waals surface area contributed by atoms with Crippen molar-refractivity contribution in [3.05, 3.63) is 59.9 Å². The second-order valence-corrected chi connectivity index (χ2v) is 6.26. The smallest absolute Gasteiger partial charge is 0.251 e. The van der Waals surface area contributed by atoms with E-state index in [0.717, 1.165) is 22.4 Å². The predicted octanol–water partition coefficient (Wildman–Crippen LogP) is 2.85. The minimum absolute atomic E-state index is 0.0727. The van der Waals surface area contributed by atoms with Crippen molar-refractivity contribution < 1.29 is 4.79 Å². The van der Waals surface area contributed by atoms with Crippen LogP contribution >= 0.6 is 0 Å². The highest BCUT2D eigenvalue weighted by molar-refractivity contribution is 6.06. The van der Waals surface area contributed by atoms with Crippen LogP contribution in [0.25, 0.3) is 10.8 Å². The molecule has 0 atom stereocenters. The zero-order valence-corrected chi connectivity index (χ0v) is 15.3. The van der Waals surface area contributed by atoms with E-state index in [9.17, 15) is 4.79 Å². The summed E-state index contributed by atoms with van der Waals surface area (Å²) in [5.74, 6) is 2.23. The zero-order chi connectivity index (χ0) is 18.5. The number of anilines is 2. The summed E-state index contributed by atoms with van der Waals surface area (Å²) in [4.78, 5) is 23.2. The van der Waals surface area contributed by atoms with Gasteiger partial charge in [0.05, 0.1) is 0 Å². The Morgan fingerprint density at radius 2 is 1.81 bits per heavy atom. The van der Waals surface area contributed by atoms with Crippen LogP contribution in [0.4, 0.5) is 11.6 Å². The van der Waals surface area contributed by atoms with Gasteiger partial charge in [-0.05, 0) is 23.8 Å². The number of aryl methyl sites for hydroxylation is 1. The van der Waals surface area contributed by atoms with E-state index >= 15 is 0 Å². The Morgan fingerprint density at radius 3 is 2.62 bits per heavy atom. The first-order valence-electron chi connectivity index (χ1n) is 8.57. The van der Waals surface area contributed by atoms with Crippen LogP contribution in [-0.4, -0.2) is 43.1 Å². The second-order valence-electron chi connectivity index (χ2n) is 6.26. The summed E-state index contributed by atoms with van der Waals surface area (Å²) in [5, 5.41) is 8.21. The summed E-state index contributed by atoms with van der Waals surface area (Å²) in [6.07, 6.45) is 0. The van der Waals surface area contributed by atoms with Gasteiger partial charge in [0, 0.05) is 38.8 Å². The van der Waals surface area contributed by atoms with E-state index in [-0.39, 0.29) is 5.91 Å². The molecule has 0 unspecified atom stereocenters. The fourth-order valence-electron chi connectivity index (χ4n) is 2.76. The fraction of sp³-hybridized carbons (Fsp3) is 0.250. The van der Waals surface area contributed by atoms with Gasteiger partial charge in [0.15, 0.2) is 0 Å². The molecule has 134 valence electrons. The lowest BCUT2D eigenvalue weighted by Gasteiger charge is -2.14. The minimum Gasteiger partial charge on any atom is -0.368 e. The number of nitrogens with zero attached hydrogens (tertiary/aromatic N) is 3. The van der Waals surface area contributed by atoms with Crippen molar-refractivity contribution in [2.75, 3.05) is 37.4 Å². The number of hydrogen-bond acceptors (Lipinski definition) is 5. The molecule has 2 N–H and O–H groups in total. The van der Waals surface area contributed by atoms with Gasteiger partial charge in [-0.3, -0.25) is 4.79 Å². The van der Waals surface area contributed by atoms with Crippen LogP contribution in [-0.2, 0) is 0 Å². The molecule has 2 aromatic carbocycles. The normalized spacial score (nSPS) is 10.6. The molecule has 26 heavy (non-hydrogen) atoms. The van der Waals surface area contributed by atoms with Crippen LogP contribution in [0.2, 0.25) is 0 Å². The van der Waals surface area contributed by atoms with Gasteiger partial charge in [-0.1, -0.05) is 36.4 Å². The minimum atomic E-state index is -0.0727. The molecule has 1 heterocycles. The van der Waals surface area contributed by atoms with Gasteiger partial charge < -0.3 is 15.5 Å². The van der Waals surface area contributed by atoms with Gasteiger partial charge in [0.1, 0.15) is 17.5 Å². The summed E-state index contributed by atoms with van der Waals surface area (Å²) >= 11 is 0. The van der Waals surface area contributed by atoms with Crippen molar-refractivity contribution in [2.24, 2.45) is 0 Å². The number of aromatic nitrogens is 2. The average molecular weight is 349 g/mol. The van der Waals surface area contributed by atoms with Crippen molar-refractivity contribution in [3.8, 4) is 0 Å². The molecule has 0 spiro atoms. The lowest BCUT2D eigenvalue weighted by molar-refractivity contribution is 0.0957. The number of carbonyl (C=O) groups excluding carboxylic acids is 1. The predicted molar refractivity (Wildman–Crippen MR) is 106 cm³/mol. The maximum absolute atomic E-state index is 12.5. The summed E-state index contributed by atoms with van der Waals surface area (Å²) in [6.45, 7) is 2.95. The number of fused-ring (bicyclic) bond motifs is 1. The van der Waals surface area contributed by atoms with Gasteiger partial charge in [-0.15, -0.1) is 0 Å². The van der Waals surface area contributed by atoms with E-state index in [1.807, 2.05) is 74.4 Å². The number of carbonyl (C=O) groups is 1. The Hall–Kier alpha value is -3.15. The third kappa shape index (κ3) is 4.08. The second kappa shape index (κ2) is 7.82. The number of hydrogen-bond donors (Lipinski definition) is 2. The Kier molecular flexibility index (Phi) is 5.31. The standard InChI is InChI=1S/C20H23N5O/c1-14-23-18(13-19(24-14)25(2)3)21-11-12-22-20(26)17-10-6-8-15-7-4-5-9-16(15)17/h4-10,13H,11-12H2,1-3H3,(H,22,26)(H,21,23,24). The van der Waals surface area contributed by atoms with E-state index < -0.39 is 0 Å². The molecule has 0 saturated carbocycles. The quantitative estimate of drug-likeness (QED) is 0.670. The number of nitrogens with one attached hydrogen (secondary N) is 2. The number of amides is 1.